The molecule has 1 amide bonds. The van der Waals surface area contributed by atoms with Crippen molar-refractivity contribution in [1.29, 1.82) is 0 Å². The van der Waals surface area contributed by atoms with E-state index in [-0.39, 0.29) is 22.9 Å². The van der Waals surface area contributed by atoms with Gasteiger partial charge in [0.15, 0.2) is 0 Å². The van der Waals surface area contributed by atoms with Gasteiger partial charge in [0.2, 0.25) is 0 Å². The Morgan fingerprint density at radius 1 is 0.771 bits per heavy atom. The lowest BCUT2D eigenvalue weighted by molar-refractivity contribution is 0.0951. The number of nitrogens with zero attached hydrogens (tertiary/aromatic N) is 1. The zero-order valence-electron chi connectivity index (χ0n) is 19.3. The summed E-state index contributed by atoms with van der Waals surface area (Å²) in [5.41, 5.74) is 2.29. The van der Waals surface area contributed by atoms with Crippen LogP contribution in [0.2, 0.25) is 0 Å². The van der Waals surface area contributed by atoms with Crippen LogP contribution in [0.1, 0.15) is 21.5 Å². The van der Waals surface area contributed by atoms with E-state index < -0.39 is 10.0 Å². The topological polar surface area (TPSA) is 75.7 Å². The lowest BCUT2D eigenvalue weighted by Gasteiger charge is -2.26. The first kappa shape index (κ1) is 24.0. The van der Waals surface area contributed by atoms with Crippen LogP contribution in [0.5, 0.6) is 5.75 Å². The fraction of sp³-hybridized carbons (Fsp3) is 0.107. The van der Waals surface area contributed by atoms with Crippen LogP contribution in [-0.4, -0.2) is 21.4 Å². The number of carbonyl (C=O) groups is 1. The summed E-state index contributed by atoms with van der Waals surface area (Å²) in [4.78, 5) is 13.4. The molecule has 4 aromatic carbocycles. The van der Waals surface area contributed by atoms with Gasteiger partial charge in [-0.3, -0.25) is 9.10 Å². The van der Waals surface area contributed by atoms with Crippen molar-refractivity contribution in [2.24, 2.45) is 0 Å². The molecule has 7 heteroatoms. The standard InChI is InChI=1S/C28H26N2O4S/c1-34-24-18-16-22(17-19-24)20-29-28(31)26-14-8-9-15-27(26)30(21-23-10-4-2-5-11-23)35(32,33)25-12-6-3-7-13-25/h2-19H,20-21H2,1H3,(H,29,31). The number of anilines is 1. The highest BCUT2D eigenvalue weighted by Gasteiger charge is 2.28. The van der Waals surface area contributed by atoms with Crippen LogP contribution in [0.15, 0.2) is 114 Å². The minimum Gasteiger partial charge on any atom is -0.497 e. The summed E-state index contributed by atoms with van der Waals surface area (Å²) in [6, 6.07) is 31.7. The molecule has 0 spiro atoms. The lowest BCUT2D eigenvalue weighted by atomic mass is 10.1. The van der Waals surface area contributed by atoms with Gasteiger partial charge in [0.25, 0.3) is 15.9 Å². The predicted molar refractivity (Wildman–Crippen MR) is 137 cm³/mol. The third kappa shape index (κ3) is 5.70. The molecule has 0 aliphatic rings. The quantitative estimate of drug-likeness (QED) is 0.360. The molecule has 0 aromatic heterocycles. The molecule has 0 unspecified atom stereocenters. The minimum absolute atomic E-state index is 0.0842. The fourth-order valence-electron chi connectivity index (χ4n) is 3.67. The smallest absolute Gasteiger partial charge is 0.264 e. The normalized spacial score (nSPS) is 11.0. The first-order chi connectivity index (χ1) is 17.0. The molecule has 178 valence electrons. The predicted octanol–water partition coefficient (Wildman–Crippen LogP) is 5.02. The minimum atomic E-state index is -3.94. The van der Waals surface area contributed by atoms with Gasteiger partial charge in [0, 0.05) is 6.54 Å². The van der Waals surface area contributed by atoms with Crippen LogP contribution >= 0.6 is 0 Å². The van der Waals surface area contributed by atoms with Crippen molar-refractivity contribution in [3.05, 3.63) is 126 Å². The van der Waals surface area contributed by atoms with Gasteiger partial charge < -0.3 is 10.1 Å². The summed E-state index contributed by atoms with van der Waals surface area (Å²) in [6.45, 7) is 0.377. The number of hydrogen-bond acceptors (Lipinski definition) is 4. The molecule has 0 aliphatic carbocycles. The maximum Gasteiger partial charge on any atom is 0.264 e. The molecular formula is C28H26N2O4S. The maximum atomic E-state index is 13.7. The van der Waals surface area contributed by atoms with E-state index >= 15 is 0 Å². The van der Waals surface area contributed by atoms with Crippen LogP contribution in [0, 0.1) is 0 Å². The third-order valence-electron chi connectivity index (χ3n) is 5.53. The summed E-state index contributed by atoms with van der Waals surface area (Å²) in [5.74, 6) is 0.367. The SMILES string of the molecule is COc1ccc(CNC(=O)c2ccccc2N(Cc2ccccc2)S(=O)(=O)c2ccccc2)cc1. The van der Waals surface area contributed by atoms with Gasteiger partial charge >= 0.3 is 0 Å². The largest absolute Gasteiger partial charge is 0.497 e. The average molecular weight is 487 g/mol. The van der Waals surface area contributed by atoms with Crippen LogP contribution in [-0.2, 0) is 23.1 Å². The highest BCUT2D eigenvalue weighted by Crippen LogP contribution is 2.29. The number of hydrogen-bond donors (Lipinski definition) is 1. The van der Waals surface area contributed by atoms with Crippen molar-refractivity contribution in [2.75, 3.05) is 11.4 Å². The van der Waals surface area contributed by atoms with Crippen LogP contribution in [0.4, 0.5) is 5.69 Å². The van der Waals surface area contributed by atoms with E-state index in [0.717, 1.165) is 16.9 Å². The van der Waals surface area contributed by atoms with Gasteiger partial charge in [-0.15, -0.1) is 0 Å². The second-order valence-corrected chi connectivity index (χ2v) is 9.72. The second kappa shape index (κ2) is 10.9. The molecule has 1 N–H and O–H groups in total. The molecule has 0 fully saturated rings. The molecule has 0 heterocycles. The Bertz CT molecular complexity index is 1370. The molecule has 0 radical (unpaired) electrons. The highest BCUT2D eigenvalue weighted by molar-refractivity contribution is 7.92. The summed E-state index contributed by atoms with van der Waals surface area (Å²) >= 11 is 0. The number of methoxy groups -OCH3 is 1. The van der Waals surface area contributed by atoms with Gasteiger partial charge in [-0.1, -0.05) is 72.8 Å². The van der Waals surface area contributed by atoms with Crippen molar-refractivity contribution >= 4 is 21.6 Å². The first-order valence-electron chi connectivity index (χ1n) is 11.1. The Balaban J connectivity index is 1.68. The molecule has 4 rings (SSSR count). The highest BCUT2D eigenvalue weighted by atomic mass is 32.2. The zero-order valence-corrected chi connectivity index (χ0v) is 20.1. The number of para-hydroxylation sites is 1. The maximum absolute atomic E-state index is 13.7. The summed E-state index contributed by atoms with van der Waals surface area (Å²) in [6.07, 6.45) is 0. The molecule has 35 heavy (non-hydrogen) atoms. The lowest BCUT2D eigenvalue weighted by Crippen LogP contribution is -2.33. The number of carbonyl (C=O) groups excluding carboxylic acids is 1. The second-order valence-electron chi connectivity index (χ2n) is 7.86. The Morgan fingerprint density at radius 3 is 2.03 bits per heavy atom. The number of amides is 1. The van der Waals surface area contributed by atoms with Crippen LogP contribution in [0.3, 0.4) is 0 Å². The molecule has 4 aromatic rings. The van der Waals surface area contributed by atoms with E-state index in [4.69, 9.17) is 4.74 Å². The van der Waals surface area contributed by atoms with Gasteiger partial charge in [0.1, 0.15) is 5.75 Å². The Labute approximate surface area is 205 Å². The molecule has 0 aliphatic heterocycles. The van der Waals surface area contributed by atoms with Crippen molar-refractivity contribution in [2.45, 2.75) is 18.0 Å². The molecule has 0 bridgehead atoms. The number of nitrogens with one attached hydrogen (secondary N) is 1. The number of sulfonamides is 1. The van der Waals surface area contributed by atoms with Gasteiger partial charge in [0.05, 0.1) is 29.8 Å². The molecular weight excluding hydrogens is 460 g/mol. The Kier molecular flexibility index (Phi) is 7.48. The van der Waals surface area contributed by atoms with E-state index in [9.17, 15) is 13.2 Å². The Hall–Kier alpha value is -4.10. The van der Waals surface area contributed by atoms with Crippen LogP contribution < -0.4 is 14.4 Å². The summed E-state index contributed by atoms with van der Waals surface area (Å²) < 4.78 is 33.9. The number of benzene rings is 4. The zero-order chi connectivity index (χ0) is 24.7. The van der Waals surface area contributed by atoms with Crippen molar-refractivity contribution in [1.82, 2.24) is 5.32 Å². The average Bonchev–Trinajstić information content (AvgIpc) is 2.91. The number of ether oxygens (including phenoxy) is 1. The molecule has 0 saturated heterocycles. The van der Waals surface area contributed by atoms with Crippen molar-refractivity contribution in [3.63, 3.8) is 0 Å². The van der Waals surface area contributed by atoms with Gasteiger partial charge in [-0.25, -0.2) is 8.42 Å². The monoisotopic (exact) mass is 486 g/mol. The van der Waals surface area contributed by atoms with E-state index in [2.05, 4.69) is 5.32 Å². The Morgan fingerprint density at radius 2 is 1.37 bits per heavy atom. The third-order valence-corrected chi connectivity index (χ3v) is 7.30. The van der Waals surface area contributed by atoms with E-state index in [1.807, 2.05) is 54.6 Å². The summed E-state index contributed by atoms with van der Waals surface area (Å²) in [5, 5.41) is 2.90. The van der Waals surface area contributed by atoms with E-state index in [0.29, 0.717) is 12.2 Å². The van der Waals surface area contributed by atoms with Crippen LogP contribution in [0.25, 0.3) is 0 Å². The van der Waals surface area contributed by atoms with Crippen molar-refractivity contribution < 1.29 is 17.9 Å². The first-order valence-corrected chi connectivity index (χ1v) is 12.5. The van der Waals surface area contributed by atoms with Crippen molar-refractivity contribution in [3.8, 4) is 5.75 Å². The fourth-order valence-corrected chi connectivity index (χ4v) is 5.17. The van der Waals surface area contributed by atoms with Gasteiger partial charge in [-0.05, 0) is 47.5 Å². The van der Waals surface area contributed by atoms with Gasteiger partial charge in [-0.2, -0.15) is 0 Å². The molecule has 0 atom stereocenters. The summed E-state index contributed by atoms with van der Waals surface area (Å²) in [7, 11) is -2.35. The molecule has 6 nitrogen and oxygen atoms in total. The van der Waals surface area contributed by atoms with E-state index in [1.54, 1.807) is 61.7 Å². The number of rotatable bonds is 9. The molecule has 0 saturated carbocycles. The van der Waals surface area contributed by atoms with E-state index in [1.165, 1.54) is 4.31 Å².